The summed E-state index contributed by atoms with van der Waals surface area (Å²) in [6.07, 6.45) is 1.03. The predicted molar refractivity (Wildman–Crippen MR) is 70.3 cm³/mol. The third-order valence-electron chi connectivity index (χ3n) is 2.52. The Labute approximate surface area is 112 Å². The molecular weight excluding hydrogens is 284 g/mol. The Bertz CT molecular complexity index is 792. The van der Waals surface area contributed by atoms with Gasteiger partial charge < -0.3 is 0 Å². The minimum atomic E-state index is -3.74. The van der Waals surface area contributed by atoms with Crippen LogP contribution in [0.4, 0.5) is 0 Å². The molecule has 0 fully saturated rings. The maximum atomic E-state index is 12.3. The van der Waals surface area contributed by atoms with Crippen LogP contribution >= 0.6 is 0 Å². The molecule has 4 nitrogen and oxygen atoms in total. The van der Waals surface area contributed by atoms with E-state index in [0.29, 0.717) is 0 Å². The molecule has 2 aromatic carbocycles. The molecule has 0 spiro atoms. The van der Waals surface area contributed by atoms with Crippen LogP contribution in [-0.2, 0) is 19.7 Å². The molecule has 19 heavy (non-hydrogen) atoms. The van der Waals surface area contributed by atoms with Crippen LogP contribution < -0.4 is 0 Å². The first-order valence-corrected chi connectivity index (χ1v) is 8.71. The Morgan fingerprint density at radius 1 is 0.895 bits per heavy atom. The molecule has 1 radical (unpaired) electrons. The van der Waals surface area contributed by atoms with Gasteiger partial charge in [0.05, 0.1) is 14.7 Å². The summed E-state index contributed by atoms with van der Waals surface area (Å²) in [7, 11) is -7.19. The zero-order chi connectivity index (χ0) is 14.1. The van der Waals surface area contributed by atoms with Crippen molar-refractivity contribution in [2.45, 2.75) is 14.7 Å². The predicted octanol–water partition coefficient (Wildman–Crippen LogP) is 1.72. The van der Waals surface area contributed by atoms with E-state index in [1.165, 1.54) is 24.3 Å². The van der Waals surface area contributed by atoms with E-state index in [1.807, 2.05) is 0 Å². The van der Waals surface area contributed by atoms with E-state index in [0.717, 1.165) is 12.3 Å². The standard InChI is InChI=1S/C13H11O4S2/c1-18(14,15)12-8-5-9-13(10-12)19(16,17)11-6-3-2-4-7-11/h2-8,10H,1H3. The summed E-state index contributed by atoms with van der Waals surface area (Å²) in [5, 5.41) is 0. The van der Waals surface area contributed by atoms with Gasteiger partial charge in [0.15, 0.2) is 9.84 Å². The van der Waals surface area contributed by atoms with Crippen molar-refractivity contribution in [1.29, 1.82) is 0 Å². The summed E-state index contributed by atoms with van der Waals surface area (Å²) in [4.78, 5) is -0.0840. The van der Waals surface area contributed by atoms with Crippen molar-refractivity contribution in [2.24, 2.45) is 0 Å². The van der Waals surface area contributed by atoms with Crippen molar-refractivity contribution in [3.63, 3.8) is 0 Å². The normalized spacial score (nSPS) is 12.3. The van der Waals surface area contributed by atoms with Crippen LogP contribution in [-0.4, -0.2) is 23.1 Å². The molecule has 0 atom stereocenters. The van der Waals surface area contributed by atoms with Crippen LogP contribution in [0.15, 0.2) is 63.2 Å². The van der Waals surface area contributed by atoms with Crippen LogP contribution in [0.2, 0.25) is 0 Å². The monoisotopic (exact) mass is 295 g/mol. The molecule has 2 aromatic rings. The minimum Gasteiger partial charge on any atom is -0.224 e. The fourth-order valence-electron chi connectivity index (χ4n) is 1.54. The van der Waals surface area contributed by atoms with Gasteiger partial charge in [-0.25, -0.2) is 16.8 Å². The van der Waals surface area contributed by atoms with E-state index in [2.05, 4.69) is 6.07 Å². The molecule has 0 amide bonds. The topological polar surface area (TPSA) is 68.3 Å². The highest BCUT2D eigenvalue weighted by Gasteiger charge is 2.19. The quantitative estimate of drug-likeness (QED) is 0.864. The number of hydrogen-bond donors (Lipinski definition) is 0. The van der Waals surface area contributed by atoms with Crippen molar-refractivity contribution in [2.75, 3.05) is 6.26 Å². The Balaban J connectivity index is 2.61. The molecule has 0 saturated carbocycles. The van der Waals surface area contributed by atoms with E-state index in [4.69, 9.17) is 0 Å². The number of rotatable bonds is 3. The van der Waals surface area contributed by atoms with E-state index in [1.54, 1.807) is 18.2 Å². The molecule has 0 saturated heterocycles. The lowest BCUT2D eigenvalue weighted by molar-refractivity contribution is 0.595. The van der Waals surface area contributed by atoms with Gasteiger partial charge >= 0.3 is 0 Å². The second-order valence-electron chi connectivity index (χ2n) is 3.98. The van der Waals surface area contributed by atoms with Gasteiger partial charge in [-0.2, -0.15) is 0 Å². The highest BCUT2D eigenvalue weighted by Crippen LogP contribution is 2.22. The Morgan fingerprint density at radius 2 is 1.53 bits per heavy atom. The first-order valence-electron chi connectivity index (χ1n) is 5.34. The molecule has 0 bridgehead atoms. The van der Waals surface area contributed by atoms with Crippen molar-refractivity contribution in [3.8, 4) is 0 Å². The summed E-state index contributed by atoms with van der Waals surface area (Å²) < 4.78 is 47.5. The average Bonchev–Trinajstić information content (AvgIpc) is 2.39. The van der Waals surface area contributed by atoms with Gasteiger partial charge in [0, 0.05) is 12.3 Å². The number of sulfone groups is 2. The number of benzene rings is 2. The molecule has 6 heteroatoms. The lowest BCUT2D eigenvalue weighted by atomic mass is 10.4. The third kappa shape index (κ3) is 2.85. The SMILES string of the molecule is CS(=O)(=O)c1cc[c]c(S(=O)(=O)c2ccccc2)c1. The maximum Gasteiger partial charge on any atom is 0.207 e. The number of hydrogen-bond acceptors (Lipinski definition) is 4. The second-order valence-corrected chi connectivity index (χ2v) is 7.91. The highest BCUT2D eigenvalue weighted by atomic mass is 32.2. The summed E-state index contributed by atoms with van der Waals surface area (Å²) in [5.74, 6) is 0. The summed E-state index contributed by atoms with van der Waals surface area (Å²) in [6, 6.07) is 14.1. The largest absolute Gasteiger partial charge is 0.224 e. The molecule has 0 unspecified atom stereocenters. The molecule has 0 aromatic heterocycles. The van der Waals surface area contributed by atoms with Gasteiger partial charge in [-0.1, -0.05) is 24.3 Å². The van der Waals surface area contributed by atoms with Crippen molar-refractivity contribution in [1.82, 2.24) is 0 Å². The summed E-state index contributed by atoms with van der Waals surface area (Å²) >= 11 is 0. The van der Waals surface area contributed by atoms with Gasteiger partial charge in [-0.15, -0.1) is 0 Å². The van der Waals surface area contributed by atoms with Crippen molar-refractivity contribution < 1.29 is 16.8 Å². The molecule has 0 N–H and O–H groups in total. The van der Waals surface area contributed by atoms with E-state index in [9.17, 15) is 16.8 Å². The lowest BCUT2D eigenvalue weighted by Gasteiger charge is -2.05. The molecule has 0 heterocycles. The van der Waals surface area contributed by atoms with Crippen LogP contribution in [0.5, 0.6) is 0 Å². The van der Waals surface area contributed by atoms with Gasteiger partial charge in [0.1, 0.15) is 0 Å². The first kappa shape index (κ1) is 13.8. The van der Waals surface area contributed by atoms with Crippen molar-refractivity contribution in [3.05, 3.63) is 54.6 Å². The van der Waals surface area contributed by atoms with Gasteiger partial charge in [0.2, 0.25) is 9.84 Å². The van der Waals surface area contributed by atoms with E-state index >= 15 is 0 Å². The minimum absolute atomic E-state index is 0.0410. The molecule has 99 valence electrons. The Kier molecular flexibility index (Phi) is 3.47. The molecule has 2 rings (SSSR count). The van der Waals surface area contributed by atoms with Gasteiger partial charge in [-0.3, -0.25) is 0 Å². The Morgan fingerprint density at radius 3 is 2.11 bits per heavy atom. The summed E-state index contributed by atoms with van der Waals surface area (Å²) in [6.45, 7) is 0. The van der Waals surface area contributed by atoms with Crippen LogP contribution in [0.3, 0.4) is 0 Å². The van der Waals surface area contributed by atoms with E-state index in [-0.39, 0.29) is 14.7 Å². The van der Waals surface area contributed by atoms with Crippen LogP contribution in [0, 0.1) is 6.07 Å². The molecule has 0 aliphatic carbocycles. The van der Waals surface area contributed by atoms with Gasteiger partial charge in [0.25, 0.3) is 0 Å². The smallest absolute Gasteiger partial charge is 0.207 e. The molecule has 0 aliphatic rings. The third-order valence-corrected chi connectivity index (χ3v) is 5.34. The fraction of sp³-hybridized carbons (Fsp3) is 0.0769. The zero-order valence-corrected chi connectivity index (χ0v) is 11.7. The van der Waals surface area contributed by atoms with Crippen LogP contribution in [0.25, 0.3) is 0 Å². The molecular formula is C13H11O4S2. The molecule has 0 aliphatic heterocycles. The van der Waals surface area contributed by atoms with Gasteiger partial charge in [-0.05, 0) is 24.3 Å². The maximum absolute atomic E-state index is 12.3. The average molecular weight is 295 g/mol. The first-order chi connectivity index (χ1) is 8.82. The lowest BCUT2D eigenvalue weighted by Crippen LogP contribution is -2.04. The second kappa shape index (κ2) is 4.79. The Hall–Kier alpha value is -1.66. The van der Waals surface area contributed by atoms with E-state index < -0.39 is 19.7 Å². The van der Waals surface area contributed by atoms with Crippen LogP contribution in [0.1, 0.15) is 0 Å². The highest BCUT2D eigenvalue weighted by molar-refractivity contribution is 7.92. The fourth-order valence-corrected chi connectivity index (χ4v) is 3.53. The summed E-state index contributed by atoms with van der Waals surface area (Å²) in [5.41, 5.74) is 0. The van der Waals surface area contributed by atoms with Crippen molar-refractivity contribution >= 4 is 19.7 Å². The zero-order valence-electron chi connectivity index (χ0n) is 10.1.